The van der Waals surface area contributed by atoms with E-state index in [4.69, 9.17) is 11.5 Å². The minimum atomic E-state index is -4.29. The molecule has 0 aromatic heterocycles. The van der Waals surface area contributed by atoms with Gasteiger partial charge >= 0.3 is 12.3 Å². The lowest BCUT2D eigenvalue weighted by Gasteiger charge is -2.27. The maximum absolute atomic E-state index is 11.8. The first-order valence-electron chi connectivity index (χ1n) is 3.94. The van der Waals surface area contributed by atoms with Gasteiger partial charge in [-0.15, -0.1) is 0 Å². The van der Waals surface area contributed by atoms with E-state index >= 15 is 0 Å². The van der Waals surface area contributed by atoms with Gasteiger partial charge in [0.2, 0.25) is 0 Å². The van der Waals surface area contributed by atoms with Crippen LogP contribution in [-0.2, 0) is 4.74 Å². The molecule has 0 aliphatic heterocycles. The highest BCUT2D eigenvalue weighted by Gasteiger charge is 2.34. The monoisotopic (exact) mass is 214 g/mol. The highest BCUT2D eigenvalue weighted by atomic mass is 19.4. The summed E-state index contributed by atoms with van der Waals surface area (Å²) in [6, 6.07) is 0. The van der Waals surface area contributed by atoms with Crippen LogP contribution in [0.4, 0.5) is 18.0 Å². The number of rotatable bonds is 4. The standard InChI is InChI=1S/C7H13F3N2O2/c1-6(4-11,14-5(12)13)2-3-7(8,9)10/h2-4,11H2,1H3,(H2,12,13). The highest BCUT2D eigenvalue weighted by molar-refractivity contribution is 5.65. The van der Waals surface area contributed by atoms with Gasteiger partial charge in [0.1, 0.15) is 5.60 Å². The van der Waals surface area contributed by atoms with Crippen LogP contribution in [0.2, 0.25) is 0 Å². The van der Waals surface area contributed by atoms with Crippen LogP contribution >= 0.6 is 0 Å². The largest absolute Gasteiger partial charge is 0.442 e. The lowest BCUT2D eigenvalue weighted by atomic mass is 10.00. The van der Waals surface area contributed by atoms with Crippen molar-refractivity contribution in [2.45, 2.75) is 31.5 Å². The fourth-order valence-corrected chi connectivity index (χ4v) is 0.844. The van der Waals surface area contributed by atoms with Gasteiger partial charge in [-0.2, -0.15) is 13.2 Å². The average molecular weight is 214 g/mol. The predicted octanol–water partition coefficient (Wildman–Crippen LogP) is 1.14. The van der Waals surface area contributed by atoms with Crippen molar-refractivity contribution in [2.75, 3.05) is 6.54 Å². The molecule has 0 radical (unpaired) electrons. The fourth-order valence-electron chi connectivity index (χ4n) is 0.844. The summed E-state index contributed by atoms with van der Waals surface area (Å²) < 4.78 is 40.0. The van der Waals surface area contributed by atoms with Crippen molar-refractivity contribution in [1.29, 1.82) is 0 Å². The van der Waals surface area contributed by atoms with E-state index in [2.05, 4.69) is 4.74 Å². The van der Waals surface area contributed by atoms with Crippen LogP contribution in [-0.4, -0.2) is 24.4 Å². The van der Waals surface area contributed by atoms with Gasteiger partial charge in [0.15, 0.2) is 0 Å². The van der Waals surface area contributed by atoms with Gasteiger partial charge in [-0.05, 0) is 13.3 Å². The van der Waals surface area contributed by atoms with Crippen LogP contribution in [0.5, 0.6) is 0 Å². The molecule has 0 spiro atoms. The minimum absolute atomic E-state index is 0.202. The third kappa shape index (κ3) is 5.63. The fraction of sp³-hybridized carbons (Fsp3) is 0.857. The molecule has 14 heavy (non-hydrogen) atoms. The number of amides is 1. The SMILES string of the molecule is CC(CN)(CCC(F)(F)F)OC(N)=O. The predicted molar refractivity (Wildman–Crippen MR) is 43.4 cm³/mol. The van der Waals surface area contributed by atoms with E-state index < -0.39 is 30.7 Å². The molecule has 4 N–H and O–H groups in total. The molecule has 0 aliphatic carbocycles. The number of nitrogens with two attached hydrogens (primary N) is 2. The first-order chi connectivity index (χ1) is 6.18. The van der Waals surface area contributed by atoms with Gasteiger partial charge in [-0.25, -0.2) is 4.79 Å². The Bertz CT molecular complexity index is 208. The van der Waals surface area contributed by atoms with Crippen LogP contribution < -0.4 is 11.5 Å². The van der Waals surface area contributed by atoms with E-state index in [0.29, 0.717) is 0 Å². The summed E-state index contributed by atoms with van der Waals surface area (Å²) in [6.07, 6.45) is -6.87. The van der Waals surface area contributed by atoms with Crippen molar-refractivity contribution in [3.8, 4) is 0 Å². The third-order valence-electron chi connectivity index (χ3n) is 1.72. The van der Waals surface area contributed by atoms with Gasteiger partial charge in [-0.1, -0.05) is 0 Å². The number of hydrogen-bond acceptors (Lipinski definition) is 3. The van der Waals surface area contributed by atoms with Crippen molar-refractivity contribution in [2.24, 2.45) is 11.5 Å². The summed E-state index contributed by atoms with van der Waals surface area (Å²) in [6.45, 7) is 1.11. The van der Waals surface area contributed by atoms with Crippen molar-refractivity contribution >= 4 is 6.09 Å². The number of primary amides is 1. The average Bonchev–Trinajstić information content (AvgIpc) is 1.99. The lowest BCUT2D eigenvalue weighted by molar-refractivity contribution is -0.145. The first-order valence-corrected chi connectivity index (χ1v) is 3.94. The van der Waals surface area contributed by atoms with Crippen LogP contribution in [0.3, 0.4) is 0 Å². The Morgan fingerprint density at radius 3 is 2.14 bits per heavy atom. The van der Waals surface area contributed by atoms with Gasteiger partial charge in [0.05, 0.1) is 0 Å². The van der Waals surface area contributed by atoms with Gasteiger partial charge < -0.3 is 16.2 Å². The van der Waals surface area contributed by atoms with Gasteiger partial charge in [-0.3, -0.25) is 0 Å². The molecular weight excluding hydrogens is 201 g/mol. The first kappa shape index (κ1) is 13.0. The normalized spacial score (nSPS) is 16.1. The van der Waals surface area contributed by atoms with Gasteiger partial charge in [0.25, 0.3) is 0 Å². The Kier molecular flexibility index (Phi) is 4.18. The number of carbonyl (C=O) groups is 1. The molecule has 1 unspecified atom stereocenters. The molecule has 1 amide bonds. The van der Waals surface area contributed by atoms with E-state index in [1.54, 1.807) is 0 Å². The lowest BCUT2D eigenvalue weighted by Crippen LogP contribution is -2.42. The molecular formula is C7H13F3N2O2. The molecule has 0 saturated heterocycles. The molecule has 0 aromatic carbocycles. The van der Waals surface area contributed by atoms with E-state index in [1.807, 2.05) is 0 Å². The van der Waals surface area contributed by atoms with Gasteiger partial charge in [0, 0.05) is 13.0 Å². The summed E-state index contributed by atoms with van der Waals surface area (Å²) >= 11 is 0. The summed E-state index contributed by atoms with van der Waals surface area (Å²) in [4.78, 5) is 10.4. The Hall–Kier alpha value is -0.980. The van der Waals surface area contributed by atoms with Crippen molar-refractivity contribution in [1.82, 2.24) is 0 Å². The number of ether oxygens (including phenoxy) is 1. The Labute approximate surface area is 79.4 Å². The van der Waals surface area contributed by atoms with Crippen molar-refractivity contribution < 1.29 is 22.7 Å². The van der Waals surface area contributed by atoms with Crippen LogP contribution in [0.15, 0.2) is 0 Å². The van der Waals surface area contributed by atoms with Crippen LogP contribution in [0, 0.1) is 0 Å². The zero-order valence-corrected chi connectivity index (χ0v) is 7.73. The summed E-state index contributed by atoms with van der Waals surface area (Å²) in [5.74, 6) is 0. The number of hydrogen-bond donors (Lipinski definition) is 2. The number of alkyl halides is 3. The molecule has 84 valence electrons. The van der Waals surface area contributed by atoms with E-state index in [-0.39, 0.29) is 6.54 Å². The second kappa shape index (κ2) is 4.50. The molecule has 0 bridgehead atoms. The number of carbonyl (C=O) groups excluding carboxylic acids is 1. The summed E-state index contributed by atoms with van der Waals surface area (Å²) in [5.41, 5.74) is 8.53. The Morgan fingerprint density at radius 1 is 1.36 bits per heavy atom. The Morgan fingerprint density at radius 2 is 1.86 bits per heavy atom. The zero-order chi connectivity index (χ0) is 11.4. The quantitative estimate of drug-likeness (QED) is 0.736. The molecule has 0 heterocycles. The molecule has 0 aromatic rings. The zero-order valence-electron chi connectivity index (χ0n) is 7.73. The second-order valence-electron chi connectivity index (χ2n) is 3.19. The summed E-state index contributed by atoms with van der Waals surface area (Å²) in [7, 11) is 0. The second-order valence-corrected chi connectivity index (χ2v) is 3.19. The topological polar surface area (TPSA) is 78.3 Å². The smallest absolute Gasteiger partial charge is 0.405 e. The van der Waals surface area contributed by atoms with Crippen LogP contribution in [0.1, 0.15) is 19.8 Å². The number of halogens is 3. The molecule has 0 fully saturated rings. The maximum Gasteiger partial charge on any atom is 0.405 e. The van der Waals surface area contributed by atoms with Crippen LogP contribution in [0.25, 0.3) is 0 Å². The maximum atomic E-state index is 11.8. The minimum Gasteiger partial charge on any atom is -0.442 e. The molecule has 1 atom stereocenters. The molecule has 0 rings (SSSR count). The molecule has 0 aliphatic rings. The molecule has 4 nitrogen and oxygen atoms in total. The Balaban J connectivity index is 4.19. The van der Waals surface area contributed by atoms with Crippen molar-refractivity contribution in [3.63, 3.8) is 0 Å². The van der Waals surface area contributed by atoms with E-state index in [0.717, 1.165) is 0 Å². The summed E-state index contributed by atoms with van der Waals surface area (Å²) in [5, 5.41) is 0. The highest BCUT2D eigenvalue weighted by Crippen LogP contribution is 2.27. The van der Waals surface area contributed by atoms with Crippen molar-refractivity contribution in [3.05, 3.63) is 0 Å². The van der Waals surface area contributed by atoms with E-state index in [9.17, 15) is 18.0 Å². The molecule has 7 heteroatoms. The van der Waals surface area contributed by atoms with E-state index in [1.165, 1.54) is 6.92 Å². The third-order valence-corrected chi connectivity index (χ3v) is 1.72. The molecule has 0 saturated carbocycles.